The number of amides is 1. The van der Waals surface area contributed by atoms with E-state index in [4.69, 9.17) is 0 Å². The van der Waals surface area contributed by atoms with E-state index >= 15 is 0 Å². The van der Waals surface area contributed by atoms with Crippen molar-refractivity contribution in [1.82, 2.24) is 9.80 Å². The molecule has 4 aliphatic rings. The van der Waals surface area contributed by atoms with Gasteiger partial charge in [-0.3, -0.25) is 9.69 Å². The fourth-order valence-electron chi connectivity index (χ4n) is 7.57. The van der Waals surface area contributed by atoms with Crippen molar-refractivity contribution in [2.24, 2.45) is 11.8 Å². The minimum atomic E-state index is 0.162. The lowest BCUT2D eigenvalue weighted by Crippen LogP contribution is -2.58. The van der Waals surface area contributed by atoms with Gasteiger partial charge in [0.25, 0.3) is 5.91 Å². The monoisotopic (exact) mass is 504 g/mol. The number of hydrogen-bond acceptors (Lipinski definition) is 2. The van der Waals surface area contributed by atoms with Crippen LogP contribution in [0.15, 0.2) is 72.8 Å². The summed E-state index contributed by atoms with van der Waals surface area (Å²) < 4.78 is 0. The lowest BCUT2D eigenvalue weighted by Gasteiger charge is -2.55. The molecule has 0 radical (unpaired) electrons. The van der Waals surface area contributed by atoms with Gasteiger partial charge < -0.3 is 4.90 Å². The number of benzene rings is 3. The van der Waals surface area contributed by atoms with Crippen molar-refractivity contribution >= 4 is 5.91 Å². The van der Waals surface area contributed by atoms with Crippen LogP contribution in [0.3, 0.4) is 0 Å². The molecule has 0 aromatic heterocycles. The van der Waals surface area contributed by atoms with Crippen molar-refractivity contribution in [3.05, 3.63) is 95.1 Å². The average molecular weight is 505 g/mol. The lowest BCUT2D eigenvalue weighted by atomic mass is 9.59. The van der Waals surface area contributed by atoms with Crippen LogP contribution >= 0.6 is 0 Å². The molecule has 3 fully saturated rings. The van der Waals surface area contributed by atoms with E-state index in [1.807, 2.05) is 11.9 Å². The maximum Gasteiger partial charge on any atom is 0.253 e. The van der Waals surface area contributed by atoms with Gasteiger partial charge in [-0.15, -0.1) is 0 Å². The molecule has 3 nitrogen and oxygen atoms in total. The molecule has 3 unspecified atom stereocenters. The molecule has 5 atom stereocenters. The summed E-state index contributed by atoms with van der Waals surface area (Å²) in [6.07, 6.45) is 6.22. The summed E-state index contributed by atoms with van der Waals surface area (Å²) in [6.45, 7) is 7.42. The molecule has 3 aliphatic carbocycles. The van der Waals surface area contributed by atoms with Gasteiger partial charge in [0.2, 0.25) is 0 Å². The summed E-state index contributed by atoms with van der Waals surface area (Å²) in [5.41, 5.74) is 7.76. The van der Waals surface area contributed by atoms with Gasteiger partial charge in [-0.05, 0) is 95.8 Å². The highest BCUT2D eigenvalue weighted by atomic mass is 16.2. The largest absolute Gasteiger partial charge is 0.338 e. The molecule has 7 rings (SSSR count). The third-order valence-electron chi connectivity index (χ3n) is 10.6. The number of likely N-dealkylation sites (N-methyl/N-ethyl adjacent to an activating group) is 1. The number of nitrogens with zero attached hydrogens (tertiary/aromatic N) is 2. The zero-order valence-electron chi connectivity index (χ0n) is 23.1. The van der Waals surface area contributed by atoms with Gasteiger partial charge in [0.05, 0.1) is 0 Å². The topological polar surface area (TPSA) is 23.6 Å². The molecular formula is C35H40N2O. The molecule has 196 valence electrons. The molecule has 1 heterocycles. The summed E-state index contributed by atoms with van der Waals surface area (Å²) in [5.74, 6) is 2.17. The SMILES string of the molecule is CC1C2Cc3ccc(C(=O)N(C)[C@@H]4C[C@H]4c4ccc(-c5ccccc5)cc4)cc3C1(C)CCN2CC1CC1. The van der Waals surface area contributed by atoms with E-state index in [-0.39, 0.29) is 17.4 Å². The van der Waals surface area contributed by atoms with E-state index in [1.165, 1.54) is 60.2 Å². The van der Waals surface area contributed by atoms with Crippen LogP contribution in [0.25, 0.3) is 11.1 Å². The molecule has 0 N–H and O–H groups in total. The second-order valence-electron chi connectivity index (χ2n) is 12.9. The Kier molecular flexibility index (Phi) is 5.78. The molecule has 1 amide bonds. The highest BCUT2D eigenvalue weighted by Gasteiger charge is 2.49. The highest BCUT2D eigenvalue weighted by Crippen LogP contribution is 2.50. The third kappa shape index (κ3) is 4.11. The number of carbonyl (C=O) groups is 1. The third-order valence-corrected chi connectivity index (χ3v) is 10.6. The fourth-order valence-corrected chi connectivity index (χ4v) is 7.57. The summed E-state index contributed by atoms with van der Waals surface area (Å²) in [6, 6.07) is 27.0. The van der Waals surface area contributed by atoms with E-state index in [9.17, 15) is 4.79 Å². The van der Waals surface area contributed by atoms with Crippen LogP contribution in [-0.2, 0) is 11.8 Å². The number of rotatable bonds is 6. The van der Waals surface area contributed by atoms with Crippen molar-refractivity contribution < 1.29 is 4.79 Å². The summed E-state index contributed by atoms with van der Waals surface area (Å²) in [7, 11) is 2.00. The van der Waals surface area contributed by atoms with E-state index in [1.54, 1.807) is 0 Å². The van der Waals surface area contributed by atoms with Gasteiger partial charge in [-0.1, -0.05) is 74.5 Å². The first kappa shape index (κ1) is 24.2. The van der Waals surface area contributed by atoms with Crippen molar-refractivity contribution in [1.29, 1.82) is 0 Å². The lowest BCUT2D eigenvalue weighted by molar-refractivity contribution is 0.0283. The van der Waals surface area contributed by atoms with Crippen LogP contribution in [0.2, 0.25) is 0 Å². The second-order valence-corrected chi connectivity index (χ2v) is 12.9. The van der Waals surface area contributed by atoms with Crippen LogP contribution in [0, 0.1) is 11.8 Å². The fraction of sp³-hybridized carbons (Fsp3) is 0.457. The van der Waals surface area contributed by atoms with Gasteiger partial charge in [-0.2, -0.15) is 0 Å². The Morgan fingerprint density at radius 3 is 2.47 bits per heavy atom. The Morgan fingerprint density at radius 1 is 1.00 bits per heavy atom. The van der Waals surface area contributed by atoms with Crippen molar-refractivity contribution in [3.8, 4) is 11.1 Å². The van der Waals surface area contributed by atoms with E-state index in [0.29, 0.717) is 17.9 Å². The first-order chi connectivity index (χ1) is 18.4. The Labute approximate surface area is 227 Å². The Balaban J connectivity index is 1.06. The van der Waals surface area contributed by atoms with Gasteiger partial charge in [0.1, 0.15) is 0 Å². The summed E-state index contributed by atoms with van der Waals surface area (Å²) in [4.78, 5) is 18.5. The Hall–Kier alpha value is -2.91. The first-order valence-corrected chi connectivity index (χ1v) is 14.7. The van der Waals surface area contributed by atoms with Gasteiger partial charge in [0, 0.05) is 37.2 Å². The normalized spacial score (nSPS) is 30.0. The second kappa shape index (κ2) is 9.09. The Morgan fingerprint density at radius 2 is 1.74 bits per heavy atom. The Bertz CT molecular complexity index is 1340. The minimum Gasteiger partial charge on any atom is -0.338 e. The van der Waals surface area contributed by atoms with Crippen LogP contribution in [-0.4, -0.2) is 47.9 Å². The zero-order chi connectivity index (χ0) is 26.0. The van der Waals surface area contributed by atoms with Crippen LogP contribution in [0.4, 0.5) is 0 Å². The quantitative estimate of drug-likeness (QED) is 0.364. The molecular weight excluding hydrogens is 464 g/mol. The number of carbonyl (C=O) groups excluding carboxylic acids is 1. The highest BCUT2D eigenvalue weighted by molar-refractivity contribution is 5.95. The molecule has 38 heavy (non-hydrogen) atoms. The van der Waals surface area contributed by atoms with Crippen molar-refractivity contribution in [3.63, 3.8) is 0 Å². The predicted octanol–water partition coefficient (Wildman–Crippen LogP) is 6.92. The molecule has 0 spiro atoms. The minimum absolute atomic E-state index is 0.162. The maximum absolute atomic E-state index is 13.7. The number of piperidine rings is 1. The molecule has 1 saturated heterocycles. The van der Waals surface area contributed by atoms with E-state index < -0.39 is 0 Å². The molecule has 3 aromatic carbocycles. The smallest absolute Gasteiger partial charge is 0.253 e. The summed E-state index contributed by atoms with van der Waals surface area (Å²) in [5, 5.41) is 0. The molecule has 1 aliphatic heterocycles. The van der Waals surface area contributed by atoms with Crippen molar-refractivity contribution in [2.75, 3.05) is 20.1 Å². The van der Waals surface area contributed by atoms with Crippen LogP contribution in [0.1, 0.15) is 72.5 Å². The van der Waals surface area contributed by atoms with Crippen molar-refractivity contribution in [2.45, 2.75) is 69.4 Å². The zero-order valence-corrected chi connectivity index (χ0v) is 23.1. The van der Waals surface area contributed by atoms with Gasteiger partial charge in [0.15, 0.2) is 0 Å². The molecule has 2 saturated carbocycles. The molecule has 2 bridgehead atoms. The number of likely N-dealkylation sites (tertiary alicyclic amines) is 1. The van der Waals surface area contributed by atoms with Crippen LogP contribution in [0.5, 0.6) is 0 Å². The average Bonchev–Trinajstić information content (AvgIpc) is 3.88. The number of hydrogen-bond donors (Lipinski definition) is 0. The van der Waals surface area contributed by atoms with Crippen LogP contribution < -0.4 is 0 Å². The predicted molar refractivity (Wildman–Crippen MR) is 154 cm³/mol. The number of fused-ring (bicyclic) bond motifs is 4. The maximum atomic E-state index is 13.7. The molecule has 3 heteroatoms. The molecule has 3 aromatic rings. The van der Waals surface area contributed by atoms with E-state index in [2.05, 4.69) is 91.5 Å². The van der Waals surface area contributed by atoms with E-state index in [0.717, 1.165) is 24.3 Å². The standard InChI is InChI=1S/C35H40N2O/c1-23-32-20-28-15-16-29(19-31(28)35(23,2)17-18-37(32)22-24-9-10-24)34(38)36(3)33-21-30(33)27-13-11-26(12-14-27)25-7-5-4-6-8-25/h4-8,11-16,19,23-24,30,32-33H,9-10,17-18,20-22H2,1-3H3/t23?,30-,32?,33+,35?/m0/s1. The van der Waals surface area contributed by atoms with Gasteiger partial charge in [-0.25, -0.2) is 0 Å². The van der Waals surface area contributed by atoms with Gasteiger partial charge >= 0.3 is 0 Å². The summed E-state index contributed by atoms with van der Waals surface area (Å²) >= 11 is 0. The first-order valence-electron chi connectivity index (χ1n) is 14.7.